The summed E-state index contributed by atoms with van der Waals surface area (Å²) in [4.78, 5) is 12.2. The lowest BCUT2D eigenvalue weighted by Gasteiger charge is -2.11. The number of benzene rings is 2. The highest BCUT2D eigenvalue weighted by molar-refractivity contribution is 6.07. The van der Waals surface area contributed by atoms with Crippen LogP contribution in [0.5, 0.6) is 0 Å². The number of nitrogen functional groups attached to an aromatic ring is 2. The predicted molar refractivity (Wildman–Crippen MR) is 96.4 cm³/mol. The fourth-order valence-corrected chi connectivity index (χ4v) is 2.58. The van der Waals surface area contributed by atoms with Gasteiger partial charge in [0.2, 0.25) is 0 Å². The smallest absolute Gasteiger partial charge is 0.273 e. The van der Waals surface area contributed by atoms with Crippen molar-refractivity contribution < 1.29 is 4.79 Å². The van der Waals surface area contributed by atoms with Crippen LogP contribution in [0, 0.1) is 0 Å². The van der Waals surface area contributed by atoms with Gasteiger partial charge in [-0.1, -0.05) is 37.3 Å². The van der Waals surface area contributed by atoms with Gasteiger partial charge in [-0.3, -0.25) is 4.79 Å². The van der Waals surface area contributed by atoms with E-state index in [1.165, 1.54) is 0 Å². The number of carbonyl (C=O) groups is 1. The van der Waals surface area contributed by atoms with Crippen molar-refractivity contribution in [3.05, 3.63) is 48.2 Å². The van der Waals surface area contributed by atoms with Crippen LogP contribution in [0.15, 0.2) is 42.5 Å². The molecule has 0 atom stereocenters. The van der Waals surface area contributed by atoms with E-state index in [0.717, 1.165) is 17.5 Å². The molecule has 0 saturated heterocycles. The summed E-state index contributed by atoms with van der Waals surface area (Å²) in [5.74, 6) is -0.307. The first-order valence-electron chi connectivity index (χ1n) is 7.80. The van der Waals surface area contributed by atoms with Crippen molar-refractivity contribution in [3.63, 3.8) is 0 Å². The van der Waals surface area contributed by atoms with E-state index in [1.807, 2.05) is 49.4 Å². The Bertz CT molecular complexity index is 907. The molecule has 2 aromatic carbocycles. The molecule has 3 aromatic rings. The van der Waals surface area contributed by atoms with Gasteiger partial charge in [0, 0.05) is 23.2 Å². The molecule has 0 radical (unpaired) electrons. The molecule has 0 saturated carbocycles. The van der Waals surface area contributed by atoms with Crippen LogP contribution in [0.1, 0.15) is 23.8 Å². The van der Waals surface area contributed by atoms with Crippen molar-refractivity contribution in [1.82, 2.24) is 15.5 Å². The maximum Gasteiger partial charge on any atom is 0.273 e. The minimum atomic E-state index is -0.307. The van der Waals surface area contributed by atoms with Gasteiger partial charge in [0.15, 0.2) is 5.69 Å². The number of hydrogen-bond donors (Lipinski definition) is 3. The molecular formula is C18H19N5O. The van der Waals surface area contributed by atoms with Crippen LogP contribution in [-0.2, 0) is 0 Å². The lowest BCUT2D eigenvalue weighted by Crippen LogP contribution is -2.26. The number of anilines is 2. The second-order valence-corrected chi connectivity index (χ2v) is 5.55. The van der Waals surface area contributed by atoms with Crippen molar-refractivity contribution in [2.75, 3.05) is 18.0 Å². The fraction of sp³-hybridized carbons (Fsp3) is 0.167. The Morgan fingerprint density at radius 2 is 1.92 bits per heavy atom. The molecule has 0 aliphatic carbocycles. The summed E-state index contributed by atoms with van der Waals surface area (Å²) < 4.78 is 0. The van der Waals surface area contributed by atoms with Gasteiger partial charge in [0.1, 0.15) is 5.52 Å². The maximum absolute atomic E-state index is 12.2. The van der Waals surface area contributed by atoms with E-state index in [1.54, 1.807) is 0 Å². The van der Waals surface area contributed by atoms with E-state index in [-0.39, 0.29) is 11.6 Å². The Labute approximate surface area is 139 Å². The third-order valence-electron chi connectivity index (χ3n) is 3.78. The summed E-state index contributed by atoms with van der Waals surface area (Å²) in [6.07, 6.45) is 0.840. The van der Waals surface area contributed by atoms with Gasteiger partial charge in [0.25, 0.3) is 5.91 Å². The molecule has 0 fully saturated rings. The quantitative estimate of drug-likeness (QED) is 0.640. The van der Waals surface area contributed by atoms with Gasteiger partial charge in [-0.2, -0.15) is 0 Å². The highest BCUT2D eigenvalue weighted by Crippen LogP contribution is 2.31. The van der Waals surface area contributed by atoms with Crippen LogP contribution < -0.4 is 16.8 Å². The summed E-state index contributed by atoms with van der Waals surface area (Å²) in [5.41, 5.74) is 15.6. The van der Waals surface area contributed by atoms with Crippen LogP contribution in [0.3, 0.4) is 0 Å². The van der Waals surface area contributed by atoms with Gasteiger partial charge < -0.3 is 16.8 Å². The molecule has 1 aromatic heterocycles. The summed E-state index contributed by atoms with van der Waals surface area (Å²) >= 11 is 0. The van der Waals surface area contributed by atoms with E-state index < -0.39 is 0 Å². The number of aromatic nitrogens is 2. The Hall–Kier alpha value is -3.15. The summed E-state index contributed by atoms with van der Waals surface area (Å²) in [7, 11) is 0. The average molecular weight is 321 g/mol. The monoisotopic (exact) mass is 321 g/mol. The highest BCUT2D eigenvalue weighted by Gasteiger charge is 2.16. The fourth-order valence-electron chi connectivity index (χ4n) is 2.58. The lowest BCUT2D eigenvalue weighted by molar-refractivity contribution is 0.0949. The van der Waals surface area contributed by atoms with E-state index >= 15 is 0 Å². The van der Waals surface area contributed by atoms with Gasteiger partial charge in [-0.05, 0) is 24.1 Å². The second-order valence-electron chi connectivity index (χ2n) is 5.55. The number of hydrogen-bond acceptors (Lipinski definition) is 5. The number of nitrogens with zero attached hydrogens (tertiary/aromatic N) is 2. The number of nitrogens with two attached hydrogens (primary N) is 2. The van der Waals surface area contributed by atoms with Crippen molar-refractivity contribution in [2.45, 2.75) is 13.3 Å². The van der Waals surface area contributed by atoms with Gasteiger partial charge in [-0.15, -0.1) is 10.2 Å². The number of nitrogens with one attached hydrogen (secondary N) is 1. The average Bonchev–Trinajstić information content (AvgIpc) is 2.59. The predicted octanol–water partition coefficient (Wildman–Crippen LogP) is 2.60. The Kier molecular flexibility index (Phi) is 4.29. The lowest BCUT2D eigenvalue weighted by atomic mass is 10.0. The van der Waals surface area contributed by atoms with Crippen molar-refractivity contribution >= 4 is 28.2 Å². The molecule has 0 aliphatic rings. The molecule has 6 nitrogen and oxygen atoms in total. The van der Waals surface area contributed by atoms with Crippen molar-refractivity contribution in [3.8, 4) is 11.1 Å². The van der Waals surface area contributed by atoms with Crippen molar-refractivity contribution in [1.29, 1.82) is 0 Å². The van der Waals surface area contributed by atoms with E-state index in [4.69, 9.17) is 11.5 Å². The minimum Gasteiger partial charge on any atom is -0.399 e. The third kappa shape index (κ3) is 2.86. The van der Waals surface area contributed by atoms with Gasteiger partial charge >= 0.3 is 0 Å². The first-order chi connectivity index (χ1) is 11.6. The molecule has 0 bridgehead atoms. The van der Waals surface area contributed by atoms with E-state index in [0.29, 0.717) is 28.8 Å². The Balaban J connectivity index is 2.12. The summed E-state index contributed by atoms with van der Waals surface area (Å²) in [6, 6.07) is 13.2. The molecule has 5 N–H and O–H groups in total. The van der Waals surface area contributed by atoms with Crippen molar-refractivity contribution in [2.24, 2.45) is 0 Å². The number of rotatable bonds is 4. The molecular weight excluding hydrogens is 302 g/mol. The largest absolute Gasteiger partial charge is 0.399 e. The molecule has 0 spiro atoms. The van der Waals surface area contributed by atoms with Crippen LogP contribution in [0.4, 0.5) is 11.4 Å². The topological polar surface area (TPSA) is 107 Å². The molecule has 3 rings (SSSR count). The zero-order valence-corrected chi connectivity index (χ0v) is 13.4. The number of carbonyl (C=O) groups excluding carboxylic acids is 1. The molecule has 122 valence electrons. The SMILES string of the molecule is CCCNC(=O)c1nnc2c(-c3cccc(N)c3)cccc2c1N. The zero-order valence-electron chi connectivity index (χ0n) is 13.4. The van der Waals surface area contributed by atoms with Gasteiger partial charge in [0.05, 0.1) is 5.69 Å². The highest BCUT2D eigenvalue weighted by atomic mass is 16.1. The maximum atomic E-state index is 12.2. The molecule has 0 aliphatic heterocycles. The van der Waals surface area contributed by atoms with Crippen LogP contribution in [-0.4, -0.2) is 22.6 Å². The summed E-state index contributed by atoms with van der Waals surface area (Å²) in [6.45, 7) is 2.55. The standard InChI is InChI=1S/C18H19N5O/c1-2-9-21-18(24)17-15(20)14-8-4-7-13(16(14)22-23-17)11-5-3-6-12(19)10-11/h3-8,10H,2,9,19H2,1H3,(H2,20,22)(H,21,24). The minimum absolute atomic E-state index is 0.153. The number of amides is 1. The van der Waals surface area contributed by atoms with Crippen LogP contribution >= 0.6 is 0 Å². The van der Waals surface area contributed by atoms with Crippen LogP contribution in [0.2, 0.25) is 0 Å². The zero-order chi connectivity index (χ0) is 17.1. The van der Waals surface area contributed by atoms with Gasteiger partial charge in [-0.25, -0.2) is 0 Å². The first-order valence-corrected chi connectivity index (χ1v) is 7.80. The number of fused-ring (bicyclic) bond motifs is 1. The van der Waals surface area contributed by atoms with E-state index in [2.05, 4.69) is 15.5 Å². The molecule has 6 heteroatoms. The summed E-state index contributed by atoms with van der Waals surface area (Å²) in [5, 5.41) is 11.8. The molecule has 1 heterocycles. The van der Waals surface area contributed by atoms with Crippen LogP contribution in [0.25, 0.3) is 22.0 Å². The Morgan fingerprint density at radius 3 is 2.67 bits per heavy atom. The molecule has 24 heavy (non-hydrogen) atoms. The molecule has 0 unspecified atom stereocenters. The molecule has 1 amide bonds. The third-order valence-corrected chi connectivity index (χ3v) is 3.78. The first kappa shape index (κ1) is 15.7. The van der Waals surface area contributed by atoms with E-state index in [9.17, 15) is 4.79 Å². The Morgan fingerprint density at radius 1 is 1.12 bits per heavy atom. The normalized spacial score (nSPS) is 10.7. The second kappa shape index (κ2) is 6.54.